The van der Waals surface area contributed by atoms with Crippen LogP contribution in [0.4, 0.5) is 5.69 Å². The predicted octanol–water partition coefficient (Wildman–Crippen LogP) is 4.07. The summed E-state index contributed by atoms with van der Waals surface area (Å²) in [7, 11) is 0. The van der Waals surface area contributed by atoms with Gasteiger partial charge in [-0.2, -0.15) is 0 Å². The van der Waals surface area contributed by atoms with Crippen LogP contribution in [0.25, 0.3) is 0 Å². The Kier molecular flexibility index (Phi) is 4.94. The van der Waals surface area contributed by atoms with Crippen molar-refractivity contribution in [2.24, 2.45) is 0 Å². The van der Waals surface area contributed by atoms with Gasteiger partial charge < -0.3 is 19.7 Å². The molecule has 1 N–H and O–H groups in total. The lowest BCUT2D eigenvalue weighted by atomic mass is 9.96. The van der Waals surface area contributed by atoms with E-state index in [1.54, 1.807) is 30.3 Å². The third-order valence-corrected chi connectivity index (χ3v) is 5.47. The predicted molar refractivity (Wildman–Crippen MR) is 106 cm³/mol. The van der Waals surface area contributed by atoms with Crippen molar-refractivity contribution in [1.29, 1.82) is 0 Å². The molecule has 0 saturated carbocycles. The number of fused-ring (bicyclic) bond motifs is 1. The number of carbonyl (C=O) groups excluding carboxylic acids is 2. The van der Waals surface area contributed by atoms with E-state index in [4.69, 9.17) is 9.47 Å². The summed E-state index contributed by atoms with van der Waals surface area (Å²) in [5.41, 5.74) is 1.48. The fraction of sp³-hybridized carbons (Fsp3) is 0.364. The van der Waals surface area contributed by atoms with E-state index in [0.717, 1.165) is 19.3 Å². The van der Waals surface area contributed by atoms with Crippen LogP contribution in [0.15, 0.2) is 42.5 Å². The maximum absolute atomic E-state index is 13.3. The van der Waals surface area contributed by atoms with E-state index >= 15 is 0 Å². The van der Waals surface area contributed by atoms with Crippen LogP contribution < -0.4 is 14.8 Å². The summed E-state index contributed by atoms with van der Waals surface area (Å²) in [6.45, 7) is 4.33. The number of amides is 2. The van der Waals surface area contributed by atoms with Crippen LogP contribution >= 0.6 is 0 Å². The number of anilines is 1. The van der Waals surface area contributed by atoms with Gasteiger partial charge in [0.1, 0.15) is 0 Å². The van der Waals surface area contributed by atoms with E-state index in [1.807, 2.05) is 17.0 Å². The molecule has 2 atom stereocenters. The summed E-state index contributed by atoms with van der Waals surface area (Å²) in [5, 5.41) is 2.88. The molecule has 146 valence electrons. The molecule has 28 heavy (non-hydrogen) atoms. The van der Waals surface area contributed by atoms with Crippen molar-refractivity contribution in [2.75, 3.05) is 12.1 Å². The van der Waals surface area contributed by atoms with Gasteiger partial charge >= 0.3 is 0 Å². The number of para-hydroxylation sites is 1. The van der Waals surface area contributed by atoms with Crippen LogP contribution in [-0.2, 0) is 0 Å². The van der Waals surface area contributed by atoms with Crippen LogP contribution in [0.2, 0.25) is 0 Å². The van der Waals surface area contributed by atoms with Gasteiger partial charge in [0, 0.05) is 17.6 Å². The maximum atomic E-state index is 13.3. The van der Waals surface area contributed by atoms with Gasteiger partial charge in [0.2, 0.25) is 6.79 Å². The third-order valence-electron chi connectivity index (χ3n) is 5.47. The minimum atomic E-state index is -0.293. The standard InChI is InChI=1S/C22H24N2O4/c1-14-6-5-7-15(2)24(14)22(26)17-8-3-4-9-18(17)23-21(25)16-10-11-19-20(12-16)28-13-27-19/h3-4,8-12,14-15H,5-7,13H2,1-2H3,(H,23,25)/t14-,15-/m0/s1. The lowest BCUT2D eigenvalue weighted by molar-refractivity contribution is 0.0512. The highest BCUT2D eigenvalue weighted by molar-refractivity contribution is 6.09. The number of ether oxygens (including phenoxy) is 2. The van der Waals surface area contributed by atoms with E-state index in [-0.39, 0.29) is 30.7 Å². The van der Waals surface area contributed by atoms with E-state index in [1.165, 1.54) is 0 Å². The number of hydrogen-bond acceptors (Lipinski definition) is 4. The van der Waals surface area contributed by atoms with Crippen molar-refractivity contribution in [3.05, 3.63) is 53.6 Å². The van der Waals surface area contributed by atoms with Gasteiger partial charge in [0.25, 0.3) is 11.8 Å². The fourth-order valence-corrected chi connectivity index (χ4v) is 3.97. The highest BCUT2D eigenvalue weighted by atomic mass is 16.7. The first-order valence-corrected chi connectivity index (χ1v) is 9.67. The first kappa shape index (κ1) is 18.3. The molecular weight excluding hydrogens is 356 g/mol. The van der Waals surface area contributed by atoms with Gasteiger partial charge in [-0.05, 0) is 63.4 Å². The molecule has 0 aliphatic carbocycles. The Morgan fingerprint density at radius 2 is 1.71 bits per heavy atom. The zero-order valence-corrected chi connectivity index (χ0v) is 16.1. The molecule has 2 amide bonds. The molecule has 2 aliphatic heterocycles. The Morgan fingerprint density at radius 1 is 1.00 bits per heavy atom. The molecule has 0 bridgehead atoms. The molecule has 0 spiro atoms. The summed E-state index contributed by atoms with van der Waals surface area (Å²) >= 11 is 0. The molecule has 2 aliphatic rings. The number of nitrogens with one attached hydrogen (secondary N) is 1. The zero-order valence-electron chi connectivity index (χ0n) is 16.1. The van der Waals surface area contributed by atoms with Gasteiger partial charge in [-0.3, -0.25) is 9.59 Å². The highest BCUT2D eigenvalue weighted by Gasteiger charge is 2.31. The average molecular weight is 380 g/mol. The molecule has 4 rings (SSSR count). The minimum absolute atomic E-state index is 0.0405. The second-order valence-corrected chi connectivity index (χ2v) is 7.41. The van der Waals surface area contributed by atoms with Crippen molar-refractivity contribution in [2.45, 2.75) is 45.2 Å². The summed E-state index contributed by atoms with van der Waals surface area (Å²) in [5.74, 6) is 0.841. The monoisotopic (exact) mass is 380 g/mol. The first-order valence-electron chi connectivity index (χ1n) is 9.67. The zero-order chi connectivity index (χ0) is 19.7. The Balaban J connectivity index is 1.57. The molecule has 2 heterocycles. The molecular formula is C22H24N2O4. The maximum Gasteiger partial charge on any atom is 0.256 e. The molecule has 0 unspecified atom stereocenters. The Bertz CT molecular complexity index is 901. The van der Waals surface area contributed by atoms with Crippen molar-refractivity contribution in [3.8, 4) is 11.5 Å². The van der Waals surface area contributed by atoms with Crippen LogP contribution in [0.5, 0.6) is 11.5 Å². The second-order valence-electron chi connectivity index (χ2n) is 7.41. The van der Waals surface area contributed by atoms with Crippen molar-refractivity contribution in [1.82, 2.24) is 4.90 Å². The van der Waals surface area contributed by atoms with Gasteiger partial charge in [-0.1, -0.05) is 12.1 Å². The van der Waals surface area contributed by atoms with Gasteiger partial charge in [-0.15, -0.1) is 0 Å². The number of benzene rings is 2. The number of carbonyl (C=O) groups is 2. The van der Waals surface area contributed by atoms with Crippen molar-refractivity contribution >= 4 is 17.5 Å². The molecule has 0 aromatic heterocycles. The molecule has 6 heteroatoms. The van der Waals surface area contributed by atoms with Crippen LogP contribution in [-0.4, -0.2) is 35.6 Å². The third kappa shape index (κ3) is 3.42. The lowest BCUT2D eigenvalue weighted by Crippen LogP contribution is -2.47. The number of nitrogens with zero attached hydrogens (tertiary/aromatic N) is 1. The van der Waals surface area contributed by atoms with Crippen LogP contribution in [0.1, 0.15) is 53.8 Å². The Labute approximate surface area is 164 Å². The van der Waals surface area contributed by atoms with Gasteiger partial charge in [-0.25, -0.2) is 0 Å². The number of likely N-dealkylation sites (tertiary alicyclic amines) is 1. The Hall–Kier alpha value is -3.02. The van der Waals surface area contributed by atoms with E-state index in [9.17, 15) is 9.59 Å². The fourth-order valence-electron chi connectivity index (χ4n) is 3.97. The first-order chi connectivity index (χ1) is 13.5. The topological polar surface area (TPSA) is 67.9 Å². The second kappa shape index (κ2) is 7.54. The minimum Gasteiger partial charge on any atom is -0.454 e. The van der Waals surface area contributed by atoms with Gasteiger partial charge in [0.15, 0.2) is 11.5 Å². The lowest BCUT2D eigenvalue weighted by Gasteiger charge is -2.39. The van der Waals surface area contributed by atoms with E-state index in [2.05, 4.69) is 19.2 Å². The molecule has 1 saturated heterocycles. The quantitative estimate of drug-likeness (QED) is 0.872. The largest absolute Gasteiger partial charge is 0.454 e. The highest BCUT2D eigenvalue weighted by Crippen LogP contribution is 2.33. The number of rotatable bonds is 3. The normalized spacial score (nSPS) is 20.7. The van der Waals surface area contributed by atoms with Crippen molar-refractivity contribution < 1.29 is 19.1 Å². The summed E-state index contributed by atoms with van der Waals surface area (Å²) in [4.78, 5) is 28.0. The molecule has 2 aromatic carbocycles. The summed E-state index contributed by atoms with van der Waals surface area (Å²) < 4.78 is 10.6. The smallest absolute Gasteiger partial charge is 0.256 e. The number of piperidine rings is 1. The van der Waals surface area contributed by atoms with Crippen LogP contribution in [0, 0.1) is 0 Å². The summed E-state index contributed by atoms with van der Waals surface area (Å²) in [6.07, 6.45) is 3.14. The molecule has 0 radical (unpaired) electrons. The number of hydrogen-bond donors (Lipinski definition) is 1. The van der Waals surface area contributed by atoms with Crippen LogP contribution in [0.3, 0.4) is 0 Å². The van der Waals surface area contributed by atoms with E-state index in [0.29, 0.717) is 28.3 Å². The molecule has 1 fully saturated rings. The van der Waals surface area contributed by atoms with Gasteiger partial charge in [0.05, 0.1) is 11.3 Å². The van der Waals surface area contributed by atoms with E-state index < -0.39 is 0 Å². The Morgan fingerprint density at radius 3 is 2.50 bits per heavy atom. The van der Waals surface area contributed by atoms with Crippen molar-refractivity contribution in [3.63, 3.8) is 0 Å². The molecule has 6 nitrogen and oxygen atoms in total. The summed E-state index contributed by atoms with van der Waals surface area (Å²) in [6, 6.07) is 12.6. The SMILES string of the molecule is C[C@H]1CCC[C@H](C)N1C(=O)c1ccccc1NC(=O)c1ccc2c(c1)OCO2. The molecule has 2 aromatic rings. The average Bonchev–Trinajstić information content (AvgIpc) is 3.16.